The van der Waals surface area contributed by atoms with Crippen LogP contribution in [0, 0.1) is 6.92 Å². The monoisotopic (exact) mass is 290 g/mol. The molecule has 1 saturated heterocycles. The highest BCUT2D eigenvalue weighted by Gasteiger charge is 2.22. The summed E-state index contributed by atoms with van der Waals surface area (Å²) in [7, 11) is 0. The van der Waals surface area contributed by atoms with Gasteiger partial charge in [-0.15, -0.1) is 11.3 Å². The average Bonchev–Trinajstić information content (AvgIpc) is 3.00. The Morgan fingerprint density at radius 1 is 1.50 bits per heavy atom. The molecule has 1 aliphatic rings. The number of thiazole rings is 1. The van der Waals surface area contributed by atoms with E-state index in [9.17, 15) is 0 Å². The molecule has 1 aromatic heterocycles. The van der Waals surface area contributed by atoms with Gasteiger partial charge in [0, 0.05) is 12.6 Å². The lowest BCUT2D eigenvalue weighted by Gasteiger charge is -2.23. The molecule has 4 nitrogen and oxygen atoms in total. The summed E-state index contributed by atoms with van der Waals surface area (Å²) in [4.78, 5) is 7.07. The lowest BCUT2D eigenvalue weighted by Crippen LogP contribution is -2.34. The highest BCUT2D eigenvalue weighted by molar-refractivity contribution is 7.18. The molecule has 0 spiro atoms. The van der Waals surface area contributed by atoms with Gasteiger partial charge in [-0.1, -0.05) is 6.92 Å². The fourth-order valence-corrected chi connectivity index (χ4v) is 3.89. The molecular weight excluding hydrogens is 268 g/mol. The number of fused-ring (bicyclic) bond motifs is 1. The Kier molecular flexibility index (Phi) is 3.81. The van der Waals surface area contributed by atoms with Crippen LogP contribution in [0.5, 0.6) is 0 Å². The average molecular weight is 290 g/mol. The number of likely N-dealkylation sites (N-methyl/N-ethyl adjacent to an activating group) is 1. The van der Waals surface area contributed by atoms with Gasteiger partial charge in [-0.3, -0.25) is 4.90 Å². The van der Waals surface area contributed by atoms with Crippen molar-refractivity contribution in [3.05, 3.63) is 17.1 Å². The fourth-order valence-electron chi connectivity index (χ4n) is 3.03. The van der Waals surface area contributed by atoms with Crippen LogP contribution in [-0.2, 0) is 0 Å². The van der Waals surface area contributed by atoms with Crippen molar-refractivity contribution in [1.29, 1.82) is 0 Å². The quantitative estimate of drug-likeness (QED) is 0.850. The predicted octanol–water partition coefficient (Wildman–Crippen LogP) is 3.08. The molecule has 0 amide bonds. The first kappa shape index (κ1) is 13.6. The van der Waals surface area contributed by atoms with Crippen molar-refractivity contribution in [2.45, 2.75) is 32.7 Å². The van der Waals surface area contributed by atoms with E-state index in [4.69, 9.17) is 5.73 Å². The standard InChI is InChI=1S/C15H22N4S/c1-3-19-6-4-5-11(19)9-17-13-8-14-15(7-12(13)16)20-10(2)18-14/h7-8,11,17H,3-6,9,16H2,1-2H3. The van der Waals surface area contributed by atoms with Crippen molar-refractivity contribution in [1.82, 2.24) is 9.88 Å². The minimum atomic E-state index is 0.632. The topological polar surface area (TPSA) is 54.2 Å². The van der Waals surface area contributed by atoms with Gasteiger partial charge in [-0.2, -0.15) is 0 Å². The molecule has 2 aromatic rings. The van der Waals surface area contributed by atoms with Gasteiger partial charge in [-0.25, -0.2) is 4.98 Å². The van der Waals surface area contributed by atoms with Crippen molar-refractivity contribution in [3.8, 4) is 0 Å². The number of hydrogen-bond acceptors (Lipinski definition) is 5. The van der Waals surface area contributed by atoms with Gasteiger partial charge in [0.25, 0.3) is 0 Å². The summed E-state index contributed by atoms with van der Waals surface area (Å²) < 4.78 is 1.17. The minimum Gasteiger partial charge on any atom is -0.397 e. The third kappa shape index (κ3) is 2.60. The number of hydrogen-bond donors (Lipinski definition) is 2. The van der Waals surface area contributed by atoms with Gasteiger partial charge in [0.05, 0.1) is 26.6 Å². The zero-order valence-electron chi connectivity index (χ0n) is 12.1. The number of aromatic nitrogens is 1. The number of likely N-dealkylation sites (tertiary alicyclic amines) is 1. The van der Waals surface area contributed by atoms with E-state index >= 15 is 0 Å². The van der Waals surface area contributed by atoms with Crippen LogP contribution >= 0.6 is 11.3 Å². The van der Waals surface area contributed by atoms with Crippen molar-refractivity contribution >= 4 is 32.9 Å². The van der Waals surface area contributed by atoms with Crippen LogP contribution in [0.4, 0.5) is 11.4 Å². The fraction of sp³-hybridized carbons (Fsp3) is 0.533. The first-order valence-corrected chi connectivity index (χ1v) is 8.13. The summed E-state index contributed by atoms with van der Waals surface area (Å²) >= 11 is 1.70. The van der Waals surface area contributed by atoms with Gasteiger partial charge >= 0.3 is 0 Å². The Balaban J connectivity index is 1.75. The van der Waals surface area contributed by atoms with E-state index in [2.05, 4.69) is 28.2 Å². The van der Waals surface area contributed by atoms with Gasteiger partial charge in [-0.05, 0) is 45.0 Å². The molecule has 2 heterocycles. The minimum absolute atomic E-state index is 0.632. The summed E-state index contributed by atoms with van der Waals surface area (Å²) in [5.41, 5.74) is 9.04. The molecule has 3 rings (SSSR count). The third-order valence-electron chi connectivity index (χ3n) is 4.10. The molecule has 1 fully saturated rings. The molecule has 1 aromatic carbocycles. The summed E-state index contributed by atoms with van der Waals surface area (Å²) in [6.07, 6.45) is 2.58. The maximum atomic E-state index is 6.15. The first-order valence-electron chi connectivity index (χ1n) is 7.32. The maximum absolute atomic E-state index is 6.15. The van der Waals surface area contributed by atoms with Crippen molar-refractivity contribution < 1.29 is 0 Å². The number of rotatable bonds is 4. The molecule has 0 radical (unpaired) electrons. The van der Waals surface area contributed by atoms with E-state index in [1.54, 1.807) is 11.3 Å². The Morgan fingerprint density at radius 2 is 2.35 bits per heavy atom. The molecule has 1 aliphatic heterocycles. The Hall–Kier alpha value is -1.33. The van der Waals surface area contributed by atoms with Crippen molar-refractivity contribution in [2.75, 3.05) is 30.7 Å². The Bertz CT molecular complexity index is 607. The number of nitrogens with one attached hydrogen (secondary N) is 1. The normalized spacial score (nSPS) is 19.8. The Labute approximate surface area is 124 Å². The van der Waals surface area contributed by atoms with Crippen LogP contribution in [0.1, 0.15) is 24.8 Å². The van der Waals surface area contributed by atoms with Crippen molar-refractivity contribution in [3.63, 3.8) is 0 Å². The van der Waals surface area contributed by atoms with Crippen LogP contribution in [0.15, 0.2) is 12.1 Å². The number of nitrogens with two attached hydrogens (primary N) is 1. The number of benzene rings is 1. The summed E-state index contributed by atoms with van der Waals surface area (Å²) in [6, 6.07) is 4.75. The zero-order chi connectivity index (χ0) is 14.1. The third-order valence-corrected chi connectivity index (χ3v) is 5.03. The second-order valence-corrected chi connectivity index (χ2v) is 6.68. The highest BCUT2D eigenvalue weighted by atomic mass is 32.1. The molecule has 1 atom stereocenters. The number of aryl methyl sites for hydroxylation is 1. The van der Waals surface area contributed by atoms with Crippen LogP contribution in [0.2, 0.25) is 0 Å². The molecule has 0 aliphatic carbocycles. The van der Waals surface area contributed by atoms with E-state index in [1.807, 2.05) is 13.0 Å². The SMILES string of the molecule is CCN1CCCC1CNc1cc2nc(C)sc2cc1N. The molecular formula is C15H22N4S. The van der Waals surface area contributed by atoms with Gasteiger partial charge < -0.3 is 11.1 Å². The Morgan fingerprint density at radius 3 is 3.15 bits per heavy atom. The largest absolute Gasteiger partial charge is 0.397 e. The number of anilines is 2. The van der Waals surface area contributed by atoms with Gasteiger partial charge in [0.2, 0.25) is 0 Å². The highest BCUT2D eigenvalue weighted by Crippen LogP contribution is 2.30. The van der Waals surface area contributed by atoms with Crippen LogP contribution in [0.25, 0.3) is 10.2 Å². The van der Waals surface area contributed by atoms with Crippen molar-refractivity contribution in [2.24, 2.45) is 0 Å². The molecule has 1 unspecified atom stereocenters. The molecule has 0 bridgehead atoms. The molecule has 20 heavy (non-hydrogen) atoms. The first-order chi connectivity index (χ1) is 9.67. The van der Waals surface area contributed by atoms with E-state index in [0.717, 1.165) is 35.0 Å². The maximum Gasteiger partial charge on any atom is 0.0907 e. The lowest BCUT2D eigenvalue weighted by molar-refractivity contribution is 0.277. The second kappa shape index (κ2) is 5.58. The zero-order valence-corrected chi connectivity index (χ0v) is 13.0. The molecule has 3 N–H and O–H groups in total. The smallest absolute Gasteiger partial charge is 0.0907 e. The molecule has 108 valence electrons. The van der Waals surface area contributed by atoms with Gasteiger partial charge in [0.15, 0.2) is 0 Å². The van der Waals surface area contributed by atoms with Crippen LogP contribution in [0.3, 0.4) is 0 Å². The number of nitrogen functional groups attached to an aromatic ring is 1. The lowest BCUT2D eigenvalue weighted by atomic mass is 10.2. The summed E-state index contributed by atoms with van der Waals surface area (Å²) in [5, 5.41) is 4.61. The predicted molar refractivity (Wildman–Crippen MR) is 87.5 cm³/mol. The summed E-state index contributed by atoms with van der Waals surface area (Å²) in [5.74, 6) is 0. The van der Waals surface area contributed by atoms with E-state index in [1.165, 1.54) is 24.1 Å². The van der Waals surface area contributed by atoms with E-state index < -0.39 is 0 Å². The molecule has 0 saturated carbocycles. The van der Waals surface area contributed by atoms with Crippen LogP contribution < -0.4 is 11.1 Å². The van der Waals surface area contributed by atoms with Crippen LogP contribution in [-0.4, -0.2) is 35.6 Å². The second-order valence-electron chi connectivity index (χ2n) is 5.45. The summed E-state index contributed by atoms with van der Waals surface area (Å²) in [6.45, 7) is 7.59. The van der Waals surface area contributed by atoms with Gasteiger partial charge in [0.1, 0.15) is 0 Å². The van der Waals surface area contributed by atoms with E-state index in [0.29, 0.717) is 6.04 Å². The molecule has 5 heteroatoms. The number of nitrogens with zero attached hydrogens (tertiary/aromatic N) is 2. The van der Waals surface area contributed by atoms with E-state index in [-0.39, 0.29) is 0 Å².